The van der Waals surface area contributed by atoms with Gasteiger partial charge in [-0.25, -0.2) is 0 Å². The van der Waals surface area contributed by atoms with E-state index in [0.29, 0.717) is 25.7 Å². The first-order valence-corrected chi connectivity index (χ1v) is 7.00. The molecule has 0 aromatic carbocycles. The van der Waals surface area contributed by atoms with E-state index in [1.54, 1.807) is 0 Å². The average Bonchev–Trinajstić information content (AvgIpc) is 2.40. The largest absolute Gasteiger partial charge is 0.378 e. The lowest BCUT2D eigenvalue weighted by molar-refractivity contribution is -0.134. The molecule has 2 fully saturated rings. The van der Waals surface area contributed by atoms with E-state index in [2.05, 4.69) is 17.3 Å². The smallest absolute Gasteiger partial charge is 0.236 e. The minimum Gasteiger partial charge on any atom is -0.378 e. The quantitative estimate of drug-likeness (QED) is 0.754. The van der Waals surface area contributed by atoms with Crippen LogP contribution in [0.4, 0.5) is 0 Å². The summed E-state index contributed by atoms with van der Waals surface area (Å²) in [6, 6.07) is 0. The van der Waals surface area contributed by atoms with Crippen molar-refractivity contribution in [1.82, 2.24) is 15.1 Å². The SMILES string of the molecule is CN1CCCC(CNCC(=O)N2CCOCC2)C1. The van der Waals surface area contributed by atoms with Gasteiger partial charge < -0.3 is 19.9 Å². The molecular formula is C13H25N3O2. The number of carbonyl (C=O) groups is 1. The number of hydrogen-bond donors (Lipinski definition) is 1. The van der Waals surface area contributed by atoms with Crippen molar-refractivity contribution in [2.75, 3.05) is 59.5 Å². The van der Waals surface area contributed by atoms with Crippen molar-refractivity contribution in [3.05, 3.63) is 0 Å². The third-order valence-corrected chi connectivity index (χ3v) is 3.80. The van der Waals surface area contributed by atoms with Gasteiger partial charge in [-0.2, -0.15) is 0 Å². The zero-order valence-electron chi connectivity index (χ0n) is 11.4. The number of nitrogens with one attached hydrogen (secondary N) is 1. The summed E-state index contributed by atoms with van der Waals surface area (Å²) in [4.78, 5) is 16.2. The minimum atomic E-state index is 0.211. The summed E-state index contributed by atoms with van der Waals surface area (Å²) in [5.41, 5.74) is 0. The Morgan fingerprint density at radius 3 is 2.83 bits per heavy atom. The first kappa shape index (κ1) is 13.8. The van der Waals surface area contributed by atoms with Crippen molar-refractivity contribution >= 4 is 5.91 Å². The maximum absolute atomic E-state index is 11.9. The van der Waals surface area contributed by atoms with E-state index < -0.39 is 0 Å². The van der Waals surface area contributed by atoms with Crippen LogP contribution in [-0.2, 0) is 9.53 Å². The number of hydrogen-bond acceptors (Lipinski definition) is 4. The van der Waals surface area contributed by atoms with Gasteiger partial charge in [-0.05, 0) is 38.9 Å². The Labute approximate surface area is 109 Å². The fourth-order valence-corrected chi connectivity index (χ4v) is 2.75. The van der Waals surface area contributed by atoms with E-state index in [9.17, 15) is 4.79 Å². The fourth-order valence-electron chi connectivity index (χ4n) is 2.75. The zero-order chi connectivity index (χ0) is 12.8. The van der Waals surface area contributed by atoms with Gasteiger partial charge >= 0.3 is 0 Å². The van der Waals surface area contributed by atoms with Crippen LogP contribution in [0.1, 0.15) is 12.8 Å². The normalized spacial score (nSPS) is 26.3. The van der Waals surface area contributed by atoms with Crippen molar-refractivity contribution in [3.8, 4) is 0 Å². The average molecular weight is 255 g/mol. The third-order valence-electron chi connectivity index (χ3n) is 3.80. The van der Waals surface area contributed by atoms with Crippen molar-refractivity contribution in [2.24, 2.45) is 5.92 Å². The number of carbonyl (C=O) groups excluding carboxylic acids is 1. The van der Waals surface area contributed by atoms with E-state index in [4.69, 9.17) is 4.74 Å². The summed E-state index contributed by atoms with van der Waals surface area (Å²) in [6.45, 7) is 6.64. The molecule has 0 aliphatic carbocycles. The Hall–Kier alpha value is -0.650. The third kappa shape index (κ3) is 4.23. The number of morpholine rings is 1. The van der Waals surface area contributed by atoms with Crippen LogP contribution in [0, 0.1) is 5.92 Å². The lowest BCUT2D eigenvalue weighted by Gasteiger charge is -2.30. The Balaban J connectivity index is 1.60. The second-order valence-corrected chi connectivity index (χ2v) is 5.39. The predicted octanol–water partition coefficient (Wildman–Crippen LogP) is -0.223. The van der Waals surface area contributed by atoms with Crippen molar-refractivity contribution in [1.29, 1.82) is 0 Å². The van der Waals surface area contributed by atoms with Crippen LogP contribution in [0.15, 0.2) is 0 Å². The van der Waals surface area contributed by atoms with E-state index in [1.165, 1.54) is 19.4 Å². The van der Waals surface area contributed by atoms with Crippen LogP contribution in [0.3, 0.4) is 0 Å². The summed E-state index contributed by atoms with van der Waals surface area (Å²) >= 11 is 0. The summed E-state index contributed by atoms with van der Waals surface area (Å²) in [7, 11) is 2.17. The number of amides is 1. The predicted molar refractivity (Wildman–Crippen MR) is 70.5 cm³/mol. The molecule has 0 aromatic rings. The minimum absolute atomic E-state index is 0.211. The molecule has 0 spiro atoms. The van der Waals surface area contributed by atoms with Crippen LogP contribution in [0.25, 0.3) is 0 Å². The monoisotopic (exact) mass is 255 g/mol. The van der Waals surface area contributed by atoms with Gasteiger partial charge in [-0.3, -0.25) is 4.79 Å². The number of piperidine rings is 1. The molecule has 0 aromatic heterocycles. The number of rotatable bonds is 4. The standard InChI is InChI=1S/C13H25N3O2/c1-15-4-2-3-12(11-15)9-14-10-13(17)16-5-7-18-8-6-16/h12,14H,2-11H2,1H3. The molecule has 2 aliphatic rings. The van der Waals surface area contributed by atoms with Crippen LogP contribution >= 0.6 is 0 Å². The summed E-state index contributed by atoms with van der Waals surface area (Å²) in [5.74, 6) is 0.906. The highest BCUT2D eigenvalue weighted by atomic mass is 16.5. The first-order valence-electron chi connectivity index (χ1n) is 7.00. The van der Waals surface area contributed by atoms with Gasteiger partial charge in [-0.15, -0.1) is 0 Å². The number of nitrogens with zero attached hydrogens (tertiary/aromatic N) is 2. The molecule has 5 heteroatoms. The van der Waals surface area contributed by atoms with Crippen LogP contribution in [0.2, 0.25) is 0 Å². The maximum atomic E-state index is 11.9. The molecule has 2 saturated heterocycles. The topological polar surface area (TPSA) is 44.8 Å². The molecule has 18 heavy (non-hydrogen) atoms. The molecule has 0 bridgehead atoms. The molecule has 1 unspecified atom stereocenters. The Morgan fingerprint density at radius 2 is 2.11 bits per heavy atom. The van der Waals surface area contributed by atoms with E-state index in [0.717, 1.165) is 26.2 Å². The molecule has 5 nitrogen and oxygen atoms in total. The van der Waals surface area contributed by atoms with Crippen molar-refractivity contribution in [3.63, 3.8) is 0 Å². The molecule has 0 saturated carbocycles. The fraction of sp³-hybridized carbons (Fsp3) is 0.923. The van der Waals surface area contributed by atoms with Crippen LogP contribution < -0.4 is 5.32 Å². The first-order chi connectivity index (χ1) is 8.75. The van der Waals surface area contributed by atoms with Gasteiger partial charge in [0, 0.05) is 19.6 Å². The summed E-state index contributed by atoms with van der Waals surface area (Å²) in [5, 5.41) is 3.31. The zero-order valence-corrected chi connectivity index (χ0v) is 11.4. The number of likely N-dealkylation sites (tertiary alicyclic amines) is 1. The molecule has 1 amide bonds. The highest BCUT2D eigenvalue weighted by molar-refractivity contribution is 5.78. The molecule has 104 valence electrons. The lowest BCUT2D eigenvalue weighted by Crippen LogP contribution is -2.46. The molecule has 1 N–H and O–H groups in total. The summed E-state index contributed by atoms with van der Waals surface area (Å²) in [6.07, 6.45) is 2.56. The van der Waals surface area contributed by atoms with Crippen molar-refractivity contribution in [2.45, 2.75) is 12.8 Å². The van der Waals surface area contributed by atoms with Gasteiger partial charge in [-0.1, -0.05) is 0 Å². The molecular weight excluding hydrogens is 230 g/mol. The highest BCUT2D eigenvalue weighted by Crippen LogP contribution is 2.13. The van der Waals surface area contributed by atoms with Gasteiger partial charge in [0.25, 0.3) is 0 Å². The lowest BCUT2D eigenvalue weighted by atomic mass is 9.98. The van der Waals surface area contributed by atoms with E-state index >= 15 is 0 Å². The Bertz CT molecular complexity index is 267. The van der Waals surface area contributed by atoms with Gasteiger partial charge in [0.2, 0.25) is 5.91 Å². The van der Waals surface area contributed by atoms with Gasteiger partial charge in [0.05, 0.1) is 19.8 Å². The second-order valence-electron chi connectivity index (χ2n) is 5.39. The molecule has 2 heterocycles. The Kier molecular flexibility index (Phi) is 5.41. The van der Waals surface area contributed by atoms with E-state index in [1.807, 2.05) is 4.90 Å². The molecule has 1 atom stereocenters. The summed E-state index contributed by atoms with van der Waals surface area (Å²) < 4.78 is 5.24. The molecule has 2 aliphatic heterocycles. The molecule has 0 radical (unpaired) electrons. The molecule has 2 rings (SSSR count). The number of ether oxygens (including phenoxy) is 1. The highest BCUT2D eigenvalue weighted by Gasteiger charge is 2.19. The van der Waals surface area contributed by atoms with Crippen LogP contribution in [0.5, 0.6) is 0 Å². The second kappa shape index (κ2) is 7.07. The maximum Gasteiger partial charge on any atom is 0.236 e. The Morgan fingerprint density at radius 1 is 1.33 bits per heavy atom. The van der Waals surface area contributed by atoms with Gasteiger partial charge in [0.1, 0.15) is 0 Å². The van der Waals surface area contributed by atoms with Crippen LogP contribution in [-0.4, -0.2) is 75.2 Å². The van der Waals surface area contributed by atoms with E-state index in [-0.39, 0.29) is 5.91 Å². The van der Waals surface area contributed by atoms with Crippen molar-refractivity contribution < 1.29 is 9.53 Å². The van der Waals surface area contributed by atoms with Gasteiger partial charge in [0.15, 0.2) is 0 Å².